The van der Waals surface area contributed by atoms with Crippen molar-refractivity contribution in [3.05, 3.63) is 47.6 Å². The number of anilines is 2. The standard InChI is InChI=1S/C16H7N3O6/c20-9-3-4-10(21)18(9)8-2-1-7-13(16(25)17-15(7)24)14(8)19-11(22)5-6-12(19)23/h1-6H,(H,17,24,25). The molecule has 25 heavy (non-hydrogen) atoms. The second-order valence-electron chi connectivity index (χ2n) is 5.33. The van der Waals surface area contributed by atoms with Crippen molar-refractivity contribution in [2.24, 2.45) is 0 Å². The maximum absolute atomic E-state index is 12.2. The smallest absolute Gasteiger partial charge is 0.261 e. The van der Waals surface area contributed by atoms with E-state index in [1.54, 1.807) is 0 Å². The minimum absolute atomic E-state index is 0.0525. The van der Waals surface area contributed by atoms with Gasteiger partial charge in [0.1, 0.15) is 0 Å². The zero-order valence-corrected chi connectivity index (χ0v) is 12.3. The summed E-state index contributed by atoms with van der Waals surface area (Å²) in [4.78, 5) is 73.7. The molecule has 0 saturated heterocycles. The average molecular weight is 337 g/mol. The first-order valence-corrected chi connectivity index (χ1v) is 7.05. The van der Waals surface area contributed by atoms with Crippen LogP contribution < -0.4 is 15.1 Å². The molecule has 9 heteroatoms. The minimum atomic E-state index is -0.823. The summed E-state index contributed by atoms with van der Waals surface area (Å²) in [5, 5.41) is 2.06. The van der Waals surface area contributed by atoms with Gasteiger partial charge >= 0.3 is 0 Å². The van der Waals surface area contributed by atoms with Crippen molar-refractivity contribution in [1.29, 1.82) is 0 Å². The van der Waals surface area contributed by atoms with E-state index in [9.17, 15) is 28.8 Å². The predicted octanol–water partition coefficient (Wildman–Crippen LogP) is -0.571. The highest BCUT2D eigenvalue weighted by molar-refractivity contribution is 6.36. The van der Waals surface area contributed by atoms with Gasteiger partial charge in [-0.05, 0) is 12.1 Å². The van der Waals surface area contributed by atoms with Gasteiger partial charge < -0.3 is 0 Å². The summed E-state index contributed by atoms with van der Waals surface area (Å²) >= 11 is 0. The number of rotatable bonds is 2. The van der Waals surface area contributed by atoms with Gasteiger partial charge in [-0.2, -0.15) is 0 Å². The van der Waals surface area contributed by atoms with Crippen LogP contribution >= 0.6 is 0 Å². The van der Waals surface area contributed by atoms with Gasteiger partial charge in [-0.1, -0.05) is 0 Å². The van der Waals surface area contributed by atoms with E-state index in [2.05, 4.69) is 5.32 Å². The molecule has 0 fully saturated rings. The molecule has 9 nitrogen and oxygen atoms in total. The Labute approximate surface area is 139 Å². The Morgan fingerprint density at radius 3 is 1.72 bits per heavy atom. The van der Waals surface area contributed by atoms with Gasteiger partial charge in [-0.15, -0.1) is 0 Å². The van der Waals surface area contributed by atoms with Gasteiger partial charge in [0, 0.05) is 24.3 Å². The lowest BCUT2D eigenvalue weighted by molar-refractivity contribution is -0.122. The molecule has 122 valence electrons. The van der Waals surface area contributed by atoms with Crippen LogP contribution in [0.1, 0.15) is 20.7 Å². The number of imide groups is 3. The fraction of sp³-hybridized carbons (Fsp3) is 0. The third-order valence-corrected chi connectivity index (χ3v) is 3.94. The third kappa shape index (κ3) is 1.89. The monoisotopic (exact) mass is 337 g/mol. The van der Waals surface area contributed by atoms with Crippen molar-refractivity contribution in [3.63, 3.8) is 0 Å². The van der Waals surface area contributed by atoms with Gasteiger partial charge in [0.05, 0.1) is 22.5 Å². The maximum Gasteiger partial charge on any atom is 0.261 e. The van der Waals surface area contributed by atoms with Crippen LogP contribution in [0.4, 0.5) is 11.4 Å². The predicted molar refractivity (Wildman–Crippen MR) is 81.5 cm³/mol. The molecule has 0 aromatic heterocycles. The molecule has 0 saturated carbocycles. The Morgan fingerprint density at radius 1 is 0.640 bits per heavy atom. The fourth-order valence-corrected chi connectivity index (χ4v) is 2.90. The summed E-state index contributed by atoms with van der Waals surface area (Å²) in [5.74, 6) is -4.41. The van der Waals surface area contributed by atoms with E-state index < -0.39 is 35.4 Å². The molecule has 6 amide bonds. The van der Waals surface area contributed by atoms with Crippen LogP contribution in [0.15, 0.2) is 36.4 Å². The molecule has 4 rings (SSSR count). The molecule has 1 aromatic rings. The Kier molecular flexibility index (Phi) is 2.83. The van der Waals surface area contributed by atoms with Crippen molar-refractivity contribution in [1.82, 2.24) is 5.32 Å². The van der Waals surface area contributed by atoms with Gasteiger partial charge in [0.25, 0.3) is 35.4 Å². The summed E-state index contributed by atoms with van der Waals surface area (Å²) in [6, 6.07) is 2.50. The van der Waals surface area contributed by atoms with Gasteiger partial charge in [0.15, 0.2) is 0 Å². The van der Waals surface area contributed by atoms with Crippen molar-refractivity contribution < 1.29 is 28.8 Å². The quantitative estimate of drug-likeness (QED) is 0.721. The number of carbonyl (C=O) groups is 6. The fourth-order valence-electron chi connectivity index (χ4n) is 2.90. The number of hydrogen-bond acceptors (Lipinski definition) is 6. The van der Waals surface area contributed by atoms with Crippen molar-refractivity contribution in [2.75, 3.05) is 9.80 Å². The van der Waals surface area contributed by atoms with Gasteiger partial charge in [-0.3, -0.25) is 34.1 Å². The number of amides is 6. The van der Waals surface area contributed by atoms with E-state index in [4.69, 9.17) is 0 Å². The van der Waals surface area contributed by atoms with Crippen LogP contribution in [0.25, 0.3) is 0 Å². The molecule has 3 aliphatic heterocycles. The molecule has 0 atom stereocenters. The molecule has 3 heterocycles. The first kappa shape index (κ1) is 14.7. The van der Waals surface area contributed by atoms with Crippen molar-refractivity contribution in [2.45, 2.75) is 0 Å². The number of nitrogens with zero attached hydrogens (tertiary/aromatic N) is 2. The van der Waals surface area contributed by atoms with E-state index in [0.29, 0.717) is 4.90 Å². The van der Waals surface area contributed by atoms with Crippen LogP contribution in [0.2, 0.25) is 0 Å². The molecule has 0 radical (unpaired) electrons. The van der Waals surface area contributed by atoms with Gasteiger partial charge in [0.2, 0.25) is 0 Å². The zero-order valence-electron chi connectivity index (χ0n) is 12.3. The van der Waals surface area contributed by atoms with Crippen LogP contribution in [0, 0.1) is 0 Å². The summed E-state index contributed by atoms with van der Waals surface area (Å²) in [6.07, 6.45) is 4.03. The molecular formula is C16H7N3O6. The Bertz CT molecular complexity index is 967. The topological polar surface area (TPSA) is 121 Å². The minimum Gasteiger partial charge on any atom is -0.288 e. The summed E-state index contributed by atoms with van der Waals surface area (Å²) in [7, 11) is 0. The third-order valence-electron chi connectivity index (χ3n) is 3.94. The molecule has 0 spiro atoms. The van der Waals surface area contributed by atoms with Crippen LogP contribution in [-0.2, 0) is 19.2 Å². The highest BCUT2D eigenvalue weighted by Gasteiger charge is 2.40. The lowest BCUT2D eigenvalue weighted by Crippen LogP contribution is -2.36. The summed E-state index contributed by atoms with van der Waals surface area (Å²) in [5.41, 5.74) is -0.691. The van der Waals surface area contributed by atoms with Crippen LogP contribution in [-0.4, -0.2) is 35.4 Å². The molecule has 3 aliphatic rings. The SMILES string of the molecule is O=C1NC(=O)c2c1ccc(N1C(=O)C=CC1=O)c2N1C(=O)C=CC1=O. The lowest BCUT2D eigenvalue weighted by Gasteiger charge is -2.24. The van der Waals surface area contributed by atoms with E-state index in [1.165, 1.54) is 12.1 Å². The second-order valence-corrected chi connectivity index (χ2v) is 5.33. The molecule has 1 N–H and O–H groups in total. The average Bonchev–Trinajstić information content (AvgIpc) is 3.17. The molecular weight excluding hydrogens is 330 g/mol. The van der Waals surface area contributed by atoms with E-state index in [-0.39, 0.29) is 22.5 Å². The Balaban J connectivity index is 2.02. The van der Waals surface area contributed by atoms with Gasteiger partial charge in [-0.25, -0.2) is 9.80 Å². The first-order chi connectivity index (χ1) is 11.9. The number of carbonyl (C=O) groups excluding carboxylic acids is 6. The molecule has 0 unspecified atom stereocenters. The molecule has 0 aliphatic carbocycles. The zero-order chi connectivity index (χ0) is 17.9. The normalized spacial score (nSPS) is 18.7. The van der Waals surface area contributed by atoms with Crippen molar-refractivity contribution >= 4 is 46.8 Å². The molecule has 0 bridgehead atoms. The lowest BCUT2D eigenvalue weighted by atomic mass is 10.0. The number of nitrogens with one attached hydrogen (secondary N) is 1. The van der Waals surface area contributed by atoms with Crippen LogP contribution in [0.5, 0.6) is 0 Å². The van der Waals surface area contributed by atoms with E-state index in [1.807, 2.05) is 0 Å². The largest absolute Gasteiger partial charge is 0.288 e. The number of benzene rings is 1. The highest BCUT2D eigenvalue weighted by atomic mass is 16.2. The number of fused-ring (bicyclic) bond motifs is 1. The first-order valence-electron chi connectivity index (χ1n) is 7.05. The van der Waals surface area contributed by atoms with Crippen LogP contribution in [0.3, 0.4) is 0 Å². The van der Waals surface area contributed by atoms with E-state index >= 15 is 0 Å². The Hall–Kier alpha value is -3.88. The summed E-state index contributed by atoms with van der Waals surface area (Å²) < 4.78 is 0. The van der Waals surface area contributed by atoms with Crippen molar-refractivity contribution in [3.8, 4) is 0 Å². The maximum atomic E-state index is 12.2. The highest BCUT2D eigenvalue weighted by Crippen LogP contribution is 2.39. The van der Waals surface area contributed by atoms with E-state index in [0.717, 1.165) is 29.2 Å². The summed E-state index contributed by atoms with van der Waals surface area (Å²) in [6.45, 7) is 0. The Morgan fingerprint density at radius 2 is 1.16 bits per heavy atom. The molecule has 1 aromatic carbocycles. The second kappa shape index (κ2) is 4.81. The number of hydrogen-bond donors (Lipinski definition) is 1.